The molecule has 0 spiro atoms. The highest BCUT2D eigenvalue weighted by Gasteiger charge is 2.40. The van der Waals surface area contributed by atoms with E-state index < -0.39 is 4.33 Å². The van der Waals surface area contributed by atoms with Gasteiger partial charge in [0.1, 0.15) is 4.33 Å². The fraction of sp³-hybridized carbons (Fsp3) is 1.00. The predicted octanol–water partition coefficient (Wildman–Crippen LogP) is 5.32. The Morgan fingerprint density at radius 3 is 1.57 bits per heavy atom. The second-order valence-corrected chi connectivity index (χ2v) is 6.78. The van der Waals surface area contributed by atoms with Gasteiger partial charge in [-0.2, -0.15) is 0 Å². The highest BCUT2D eigenvalue weighted by molar-refractivity contribution is 6.48. The molecule has 0 nitrogen and oxygen atoms in total. The van der Waals surface area contributed by atoms with E-state index in [1.165, 1.54) is 51.4 Å². The topological polar surface area (TPSA) is 0 Å². The average molecular weight is 237 g/mol. The molecule has 0 atom stereocenters. The molecule has 0 heterocycles. The summed E-state index contributed by atoms with van der Waals surface area (Å²) in [4.78, 5) is 0. The van der Waals surface area contributed by atoms with Crippen molar-refractivity contribution in [2.45, 2.75) is 69.5 Å². The summed E-state index contributed by atoms with van der Waals surface area (Å²) in [5.41, 5.74) is 0.112. The van der Waals surface area contributed by atoms with Crippen LogP contribution in [0, 0.1) is 5.41 Å². The summed E-state index contributed by atoms with van der Waals surface area (Å²) < 4.78 is -0.572. The van der Waals surface area contributed by atoms with Gasteiger partial charge in [0.05, 0.1) is 0 Å². The molecule has 1 aliphatic rings. The third-order valence-electron chi connectivity index (χ3n) is 3.77. The first-order valence-corrected chi connectivity index (χ1v) is 6.59. The molecule has 1 saturated carbocycles. The normalized spacial score (nSPS) is 24.9. The molecule has 0 saturated heterocycles. The van der Waals surface area contributed by atoms with Gasteiger partial charge in [0.2, 0.25) is 0 Å². The van der Waals surface area contributed by atoms with Crippen LogP contribution in [0.1, 0.15) is 65.2 Å². The molecule has 1 aliphatic carbocycles. The maximum absolute atomic E-state index is 6.30. The molecule has 14 heavy (non-hydrogen) atoms. The fourth-order valence-corrected chi connectivity index (χ4v) is 2.68. The van der Waals surface area contributed by atoms with E-state index in [1.54, 1.807) is 0 Å². The number of hydrogen-bond donors (Lipinski definition) is 0. The first kappa shape index (κ1) is 12.6. The van der Waals surface area contributed by atoms with Crippen LogP contribution in [0.25, 0.3) is 0 Å². The van der Waals surface area contributed by atoms with E-state index in [9.17, 15) is 0 Å². The lowest BCUT2D eigenvalue weighted by molar-refractivity contribution is 0.233. The van der Waals surface area contributed by atoms with Crippen LogP contribution in [0.15, 0.2) is 0 Å². The second-order valence-electron chi connectivity index (χ2n) is 5.07. The zero-order chi connectivity index (χ0) is 10.7. The Hall–Kier alpha value is 0.580. The molecule has 2 heteroatoms. The van der Waals surface area contributed by atoms with Crippen LogP contribution in [0.3, 0.4) is 0 Å². The minimum atomic E-state index is -0.572. The summed E-state index contributed by atoms with van der Waals surface area (Å²) in [7, 11) is 0. The number of halogens is 2. The maximum atomic E-state index is 6.30. The van der Waals surface area contributed by atoms with Gasteiger partial charge in [-0.25, -0.2) is 0 Å². The molecule has 1 fully saturated rings. The van der Waals surface area contributed by atoms with E-state index in [0.29, 0.717) is 0 Å². The van der Waals surface area contributed by atoms with Crippen molar-refractivity contribution >= 4 is 23.2 Å². The SMILES string of the molecule is CC(Cl)(Cl)C1(C)CCCCCCCC1. The summed E-state index contributed by atoms with van der Waals surface area (Å²) in [6, 6.07) is 0. The van der Waals surface area contributed by atoms with E-state index in [2.05, 4.69) is 6.92 Å². The Morgan fingerprint density at radius 2 is 1.21 bits per heavy atom. The van der Waals surface area contributed by atoms with Gasteiger partial charge in [0, 0.05) is 5.41 Å². The van der Waals surface area contributed by atoms with Gasteiger partial charge in [-0.15, -0.1) is 23.2 Å². The van der Waals surface area contributed by atoms with Gasteiger partial charge in [0.15, 0.2) is 0 Å². The van der Waals surface area contributed by atoms with Crippen molar-refractivity contribution < 1.29 is 0 Å². The van der Waals surface area contributed by atoms with Crippen LogP contribution < -0.4 is 0 Å². The van der Waals surface area contributed by atoms with Crippen molar-refractivity contribution in [2.75, 3.05) is 0 Å². The minimum absolute atomic E-state index is 0.112. The molecule has 0 amide bonds. The van der Waals surface area contributed by atoms with Gasteiger partial charge in [-0.05, 0) is 19.8 Å². The van der Waals surface area contributed by atoms with Crippen molar-refractivity contribution in [1.82, 2.24) is 0 Å². The van der Waals surface area contributed by atoms with Crippen molar-refractivity contribution in [3.63, 3.8) is 0 Å². The molecule has 1 rings (SSSR count). The molecule has 0 aromatic carbocycles. The summed E-state index contributed by atoms with van der Waals surface area (Å²) in [6.07, 6.45) is 10.4. The zero-order valence-corrected chi connectivity index (χ0v) is 10.9. The number of alkyl halides is 2. The summed E-state index contributed by atoms with van der Waals surface area (Å²) in [5, 5.41) is 0. The third-order valence-corrected chi connectivity index (χ3v) is 4.68. The molecule has 0 N–H and O–H groups in total. The van der Waals surface area contributed by atoms with Crippen LogP contribution in [-0.4, -0.2) is 4.33 Å². The van der Waals surface area contributed by atoms with Crippen LogP contribution >= 0.6 is 23.2 Å². The molecule has 0 radical (unpaired) electrons. The average Bonchev–Trinajstić information content (AvgIpc) is 2.16. The van der Waals surface area contributed by atoms with Gasteiger partial charge >= 0.3 is 0 Å². The van der Waals surface area contributed by atoms with Gasteiger partial charge in [-0.1, -0.05) is 45.4 Å². The molecule has 0 aromatic rings. The van der Waals surface area contributed by atoms with E-state index in [0.717, 1.165) is 0 Å². The lowest BCUT2D eigenvalue weighted by Gasteiger charge is -2.38. The smallest absolute Gasteiger partial charge is 0.101 e. The van der Waals surface area contributed by atoms with Gasteiger partial charge in [-0.3, -0.25) is 0 Å². The molecular formula is C12H22Cl2. The van der Waals surface area contributed by atoms with E-state index >= 15 is 0 Å². The van der Waals surface area contributed by atoms with Crippen LogP contribution in [0.2, 0.25) is 0 Å². The Morgan fingerprint density at radius 1 is 0.857 bits per heavy atom. The van der Waals surface area contributed by atoms with Crippen LogP contribution in [-0.2, 0) is 0 Å². The molecule has 0 bridgehead atoms. The van der Waals surface area contributed by atoms with E-state index in [4.69, 9.17) is 23.2 Å². The maximum Gasteiger partial charge on any atom is 0.120 e. The monoisotopic (exact) mass is 236 g/mol. The molecular weight excluding hydrogens is 215 g/mol. The van der Waals surface area contributed by atoms with Crippen molar-refractivity contribution in [3.8, 4) is 0 Å². The van der Waals surface area contributed by atoms with Crippen LogP contribution in [0.5, 0.6) is 0 Å². The molecule has 0 aromatic heterocycles. The Kier molecular flexibility index (Phi) is 4.58. The van der Waals surface area contributed by atoms with Crippen molar-refractivity contribution in [3.05, 3.63) is 0 Å². The predicted molar refractivity (Wildman–Crippen MR) is 65.2 cm³/mol. The van der Waals surface area contributed by atoms with Gasteiger partial charge in [0.25, 0.3) is 0 Å². The second kappa shape index (κ2) is 5.07. The molecule has 0 aliphatic heterocycles. The van der Waals surface area contributed by atoms with Gasteiger partial charge < -0.3 is 0 Å². The first-order chi connectivity index (χ1) is 6.46. The minimum Gasteiger partial charge on any atom is -0.101 e. The van der Waals surface area contributed by atoms with E-state index in [1.807, 2.05) is 6.92 Å². The summed E-state index contributed by atoms with van der Waals surface area (Å²) in [6.45, 7) is 4.20. The largest absolute Gasteiger partial charge is 0.120 e. The third kappa shape index (κ3) is 3.31. The highest BCUT2D eigenvalue weighted by atomic mass is 35.5. The van der Waals surface area contributed by atoms with E-state index in [-0.39, 0.29) is 5.41 Å². The Bertz CT molecular complexity index is 160. The fourth-order valence-electron chi connectivity index (χ4n) is 2.30. The Balaban J connectivity index is 2.62. The quantitative estimate of drug-likeness (QED) is 0.541. The highest BCUT2D eigenvalue weighted by Crippen LogP contribution is 2.48. The number of rotatable bonds is 1. The van der Waals surface area contributed by atoms with Crippen LogP contribution in [0.4, 0.5) is 0 Å². The summed E-state index contributed by atoms with van der Waals surface area (Å²) >= 11 is 12.6. The van der Waals surface area contributed by atoms with Crippen molar-refractivity contribution in [1.29, 1.82) is 0 Å². The molecule has 0 unspecified atom stereocenters. The first-order valence-electron chi connectivity index (χ1n) is 5.84. The Labute approximate surface area is 98.4 Å². The lowest BCUT2D eigenvalue weighted by Crippen LogP contribution is -2.34. The lowest BCUT2D eigenvalue weighted by atomic mass is 9.77. The number of hydrogen-bond acceptors (Lipinski definition) is 0. The zero-order valence-electron chi connectivity index (χ0n) is 9.41. The van der Waals surface area contributed by atoms with Crippen molar-refractivity contribution in [2.24, 2.45) is 5.41 Å². The standard InChI is InChI=1S/C12H22Cl2/c1-11(12(2,13)14)9-7-5-3-4-6-8-10-11/h3-10H2,1-2H3. The summed E-state index contributed by atoms with van der Waals surface area (Å²) in [5.74, 6) is 0. The molecule has 84 valence electrons.